The summed E-state index contributed by atoms with van der Waals surface area (Å²) in [5.41, 5.74) is 3.74. The van der Waals surface area contributed by atoms with Gasteiger partial charge in [-0.3, -0.25) is 18.7 Å². The summed E-state index contributed by atoms with van der Waals surface area (Å²) >= 11 is 3.43. The third kappa shape index (κ3) is 6.83. The van der Waals surface area contributed by atoms with Gasteiger partial charge in [-0.15, -0.1) is 0 Å². The van der Waals surface area contributed by atoms with Crippen LogP contribution >= 0.6 is 15.9 Å². The van der Waals surface area contributed by atoms with Crippen LogP contribution in [0.2, 0.25) is 0 Å². The number of hydrogen-bond donors (Lipinski definition) is 1. The second-order valence-electron chi connectivity index (χ2n) is 11.0. The summed E-state index contributed by atoms with van der Waals surface area (Å²) in [5, 5.41) is 2.53. The number of rotatable bonds is 11. The number of hydrogen-bond acceptors (Lipinski definition) is 6. The van der Waals surface area contributed by atoms with Crippen molar-refractivity contribution in [1.82, 2.24) is 10.2 Å². The molecule has 2 aliphatic heterocycles. The predicted octanol–water partition coefficient (Wildman–Crippen LogP) is 5.21. The molecule has 1 N–H and O–H groups in total. The van der Waals surface area contributed by atoms with Crippen molar-refractivity contribution in [1.29, 1.82) is 0 Å². The average Bonchev–Trinajstić information content (AvgIpc) is 3.09. The van der Waals surface area contributed by atoms with Gasteiger partial charge in [-0.05, 0) is 34.4 Å². The summed E-state index contributed by atoms with van der Waals surface area (Å²) in [6.07, 6.45) is -0.692. The van der Waals surface area contributed by atoms with Gasteiger partial charge >= 0.3 is 5.97 Å². The molecule has 0 radical (unpaired) electrons. The maximum Gasteiger partial charge on any atom is 0.356 e. The highest BCUT2D eigenvalue weighted by Crippen LogP contribution is 2.37. The summed E-state index contributed by atoms with van der Waals surface area (Å²) in [7, 11) is -1.62. The Kier molecular flexibility index (Phi) is 9.75. The molecular formula is C36H31BrN2O6S. The molecule has 8 nitrogen and oxygen atoms in total. The number of alkyl halides is 1. The zero-order valence-corrected chi connectivity index (χ0v) is 27.1. The number of nitrogens with zero attached hydrogens (tertiary/aromatic N) is 1. The van der Waals surface area contributed by atoms with E-state index in [9.17, 15) is 18.6 Å². The Hall–Kier alpha value is -4.54. The Bertz CT molecular complexity index is 1730. The lowest BCUT2D eigenvalue weighted by atomic mass is 10.0. The number of β-lactam (4-membered cyclic amide) rings is 1. The van der Waals surface area contributed by atoms with Gasteiger partial charge < -0.3 is 14.8 Å². The van der Waals surface area contributed by atoms with Gasteiger partial charge in [0.15, 0.2) is 6.10 Å². The largest absolute Gasteiger partial charge is 0.489 e. The molecule has 0 aliphatic carbocycles. The summed E-state index contributed by atoms with van der Waals surface area (Å²) in [4.78, 5) is 41.9. The van der Waals surface area contributed by atoms with E-state index in [-0.39, 0.29) is 30.4 Å². The van der Waals surface area contributed by atoms with E-state index in [0.717, 1.165) is 22.3 Å². The van der Waals surface area contributed by atoms with Crippen molar-refractivity contribution in [3.8, 4) is 5.75 Å². The van der Waals surface area contributed by atoms with E-state index in [1.807, 2.05) is 115 Å². The zero-order chi connectivity index (χ0) is 32.0. The van der Waals surface area contributed by atoms with Gasteiger partial charge in [-0.2, -0.15) is 0 Å². The Labute approximate surface area is 278 Å². The first-order chi connectivity index (χ1) is 22.4. The molecule has 4 aromatic carbocycles. The molecule has 0 unspecified atom stereocenters. The van der Waals surface area contributed by atoms with E-state index in [1.165, 1.54) is 4.90 Å². The first kappa shape index (κ1) is 31.4. The summed E-state index contributed by atoms with van der Waals surface area (Å²) in [6.45, 7) is -0.0767. The number of ether oxygens (including phenoxy) is 2. The Morgan fingerprint density at radius 2 is 1.43 bits per heavy atom. The number of carbonyl (C=O) groups excluding carboxylic acids is 3. The average molecular weight is 700 g/mol. The zero-order valence-electron chi connectivity index (χ0n) is 24.7. The Morgan fingerprint density at radius 1 is 0.848 bits per heavy atom. The number of benzene rings is 4. The molecule has 0 spiro atoms. The minimum absolute atomic E-state index is 0.00269. The van der Waals surface area contributed by atoms with Crippen molar-refractivity contribution in [2.45, 2.75) is 29.3 Å². The SMILES string of the molecule is O=C(Cc1ccccc1)N[C@@H]1C(=O)N2C(C(=O)OC(c3ccccc3)c3ccccc3)=C(COc3ccc(CBr)cc3)C[S@](=O)[C@H]12. The third-order valence-electron chi connectivity index (χ3n) is 7.84. The van der Waals surface area contributed by atoms with Gasteiger partial charge in [0, 0.05) is 10.9 Å². The Balaban J connectivity index is 1.29. The highest BCUT2D eigenvalue weighted by molar-refractivity contribution is 9.08. The van der Waals surface area contributed by atoms with Crippen molar-refractivity contribution in [2.24, 2.45) is 0 Å². The topological polar surface area (TPSA) is 102 Å². The van der Waals surface area contributed by atoms with E-state index < -0.39 is 40.2 Å². The van der Waals surface area contributed by atoms with Crippen LogP contribution in [-0.4, -0.2) is 50.7 Å². The third-order valence-corrected chi connectivity index (χ3v) is 10.1. The molecular weight excluding hydrogens is 668 g/mol. The first-order valence-electron chi connectivity index (χ1n) is 14.8. The summed E-state index contributed by atoms with van der Waals surface area (Å²) in [5.74, 6) is -1.10. The predicted molar refractivity (Wildman–Crippen MR) is 178 cm³/mol. The molecule has 46 heavy (non-hydrogen) atoms. The van der Waals surface area contributed by atoms with Gasteiger partial charge in [0.2, 0.25) is 5.91 Å². The lowest BCUT2D eigenvalue weighted by Gasteiger charge is -2.49. The van der Waals surface area contributed by atoms with Crippen LogP contribution in [0.1, 0.15) is 28.4 Å². The fraction of sp³-hybridized carbons (Fsp3) is 0.194. The van der Waals surface area contributed by atoms with Crippen LogP contribution in [0.3, 0.4) is 0 Å². The van der Waals surface area contributed by atoms with Crippen LogP contribution in [0, 0.1) is 0 Å². The van der Waals surface area contributed by atoms with Crippen LogP contribution in [-0.2, 0) is 41.7 Å². The van der Waals surface area contributed by atoms with Gasteiger partial charge in [0.1, 0.15) is 29.5 Å². The second kappa shape index (κ2) is 14.3. The lowest BCUT2D eigenvalue weighted by molar-refractivity contribution is -0.155. The van der Waals surface area contributed by atoms with Gasteiger partial charge in [-0.1, -0.05) is 119 Å². The monoisotopic (exact) mass is 698 g/mol. The minimum Gasteiger partial charge on any atom is -0.489 e. The van der Waals surface area contributed by atoms with Gasteiger partial charge in [-0.25, -0.2) is 4.79 Å². The molecule has 3 atom stereocenters. The summed E-state index contributed by atoms with van der Waals surface area (Å²) in [6, 6.07) is 34.2. The highest BCUT2D eigenvalue weighted by Gasteiger charge is 2.57. The number of halogens is 1. The van der Waals surface area contributed by atoms with E-state index >= 15 is 0 Å². The molecule has 1 fully saturated rings. The van der Waals surface area contributed by atoms with E-state index in [4.69, 9.17) is 9.47 Å². The number of amides is 2. The smallest absolute Gasteiger partial charge is 0.356 e. The number of nitrogens with one attached hydrogen (secondary N) is 1. The maximum absolute atomic E-state index is 14.2. The normalized spacial score (nSPS) is 18.9. The van der Waals surface area contributed by atoms with Crippen molar-refractivity contribution >= 4 is 44.5 Å². The molecule has 234 valence electrons. The van der Waals surface area contributed by atoms with Crippen molar-refractivity contribution in [3.63, 3.8) is 0 Å². The minimum atomic E-state index is -1.62. The van der Waals surface area contributed by atoms with Crippen LogP contribution in [0.25, 0.3) is 0 Å². The second-order valence-corrected chi connectivity index (χ2v) is 13.1. The number of fused-ring (bicyclic) bond motifs is 1. The molecule has 0 bridgehead atoms. The molecule has 0 saturated carbocycles. The van der Waals surface area contributed by atoms with Crippen LogP contribution in [0.4, 0.5) is 0 Å². The van der Waals surface area contributed by atoms with Crippen LogP contribution in [0.5, 0.6) is 5.75 Å². The highest BCUT2D eigenvalue weighted by atomic mass is 79.9. The molecule has 2 aliphatic rings. The fourth-order valence-electron chi connectivity index (χ4n) is 5.55. The van der Waals surface area contributed by atoms with Crippen LogP contribution < -0.4 is 10.1 Å². The first-order valence-corrected chi connectivity index (χ1v) is 17.3. The van der Waals surface area contributed by atoms with E-state index in [0.29, 0.717) is 16.7 Å². The lowest BCUT2D eigenvalue weighted by Crippen LogP contribution is -2.73. The quantitative estimate of drug-likeness (QED) is 0.131. The van der Waals surface area contributed by atoms with Crippen molar-refractivity contribution < 1.29 is 28.1 Å². The number of esters is 1. The molecule has 0 aromatic heterocycles. The van der Waals surface area contributed by atoms with Crippen molar-refractivity contribution in [2.75, 3.05) is 12.4 Å². The van der Waals surface area contributed by atoms with E-state index in [2.05, 4.69) is 21.2 Å². The standard InChI is InChI=1S/C36H31BrN2O6S/c37-21-25-16-18-29(19-17-25)44-22-28-23-46(43)35-31(38-30(40)20-24-10-4-1-5-11-24)34(41)39(35)32(28)36(42)45-33(26-12-6-2-7-13-26)27-14-8-3-9-15-27/h1-19,31,33,35H,20-23H2,(H,38,40)/t31-,35-,46+/m1/s1. The molecule has 10 heteroatoms. The van der Waals surface area contributed by atoms with E-state index in [1.54, 1.807) is 0 Å². The molecule has 6 rings (SSSR count). The Morgan fingerprint density at radius 3 is 2.02 bits per heavy atom. The molecule has 2 heterocycles. The summed E-state index contributed by atoms with van der Waals surface area (Å²) < 4.78 is 25.8. The van der Waals surface area contributed by atoms with Gasteiger partial charge in [0.25, 0.3) is 5.91 Å². The fourth-order valence-corrected chi connectivity index (χ4v) is 7.59. The molecule has 4 aromatic rings. The number of carbonyl (C=O) groups is 3. The molecule has 1 saturated heterocycles. The van der Waals surface area contributed by atoms with Gasteiger partial charge in [0.05, 0.1) is 23.0 Å². The molecule has 2 amide bonds. The van der Waals surface area contributed by atoms with Crippen LogP contribution in [0.15, 0.2) is 127 Å². The van der Waals surface area contributed by atoms with Crippen molar-refractivity contribution in [3.05, 3.63) is 149 Å². The maximum atomic E-state index is 14.2.